The van der Waals surface area contributed by atoms with E-state index in [1.165, 1.54) is 6.07 Å². The van der Waals surface area contributed by atoms with Gasteiger partial charge in [0.15, 0.2) is 9.84 Å². The summed E-state index contributed by atoms with van der Waals surface area (Å²) >= 11 is 0. The first-order valence-corrected chi connectivity index (χ1v) is 12.1. The fourth-order valence-corrected chi connectivity index (χ4v) is 4.99. The third-order valence-corrected chi connectivity index (χ3v) is 7.46. The molecular weight excluding hydrogens is 457 g/mol. The topological polar surface area (TPSA) is 102 Å². The van der Waals surface area contributed by atoms with Crippen molar-refractivity contribution in [3.8, 4) is 34.3 Å². The Hall–Kier alpha value is -3.50. The van der Waals surface area contributed by atoms with Gasteiger partial charge in [0.25, 0.3) is 11.8 Å². The van der Waals surface area contributed by atoms with Crippen LogP contribution in [-0.4, -0.2) is 59.4 Å². The number of hydrogen-bond acceptors (Lipinski definition) is 8. The minimum atomic E-state index is -3.46. The molecule has 34 heavy (non-hydrogen) atoms. The van der Waals surface area contributed by atoms with Gasteiger partial charge in [-0.25, -0.2) is 17.8 Å². The molecule has 8 nitrogen and oxygen atoms in total. The van der Waals surface area contributed by atoms with Gasteiger partial charge in [-0.2, -0.15) is 0 Å². The van der Waals surface area contributed by atoms with Crippen LogP contribution in [0.25, 0.3) is 34.3 Å². The largest absolute Gasteiger partial charge is 0.414 e. The van der Waals surface area contributed by atoms with Crippen LogP contribution in [0.3, 0.4) is 0 Å². The van der Waals surface area contributed by atoms with Gasteiger partial charge in [-0.15, -0.1) is 10.2 Å². The molecule has 0 bridgehead atoms. The first-order chi connectivity index (χ1) is 16.2. The minimum Gasteiger partial charge on any atom is -0.414 e. The van der Waals surface area contributed by atoms with E-state index in [1.807, 2.05) is 19.0 Å². The maximum Gasteiger partial charge on any atom is 0.268 e. The van der Waals surface area contributed by atoms with Gasteiger partial charge < -0.3 is 9.32 Å². The molecule has 0 radical (unpaired) electrons. The number of halogens is 1. The second kappa shape index (κ2) is 9.40. The summed E-state index contributed by atoms with van der Waals surface area (Å²) < 4.78 is 45.4. The summed E-state index contributed by atoms with van der Waals surface area (Å²) in [4.78, 5) is 11.1. The van der Waals surface area contributed by atoms with Gasteiger partial charge in [-0.3, -0.25) is 4.98 Å². The lowest BCUT2D eigenvalue weighted by Gasteiger charge is -2.17. The summed E-state index contributed by atoms with van der Waals surface area (Å²) in [7, 11) is 0.218. The van der Waals surface area contributed by atoms with Gasteiger partial charge in [0.1, 0.15) is 11.5 Å². The Morgan fingerprint density at radius 2 is 1.74 bits per heavy atom. The zero-order chi connectivity index (χ0) is 24.5. The average Bonchev–Trinajstić information content (AvgIpc) is 3.29. The van der Waals surface area contributed by atoms with Crippen LogP contribution in [0.1, 0.15) is 14.0 Å². The number of rotatable bonds is 7. The number of hydrogen-bond donors (Lipinski definition) is 0. The molecule has 0 saturated carbocycles. The van der Waals surface area contributed by atoms with Crippen LogP contribution in [-0.2, 0) is 9.84 Å². The van der Waals surface area contributed by atoms with E-state index in [4.69, 9.17) is 4.42 Å². The van der Waals surface area contributed by atoms with Crippen molar-refractivity contribution in [1.82, 2.24) is 25.1 Å². The number of sulfone groups is 1. The summed E-state index contributed by atoms with van der Waals surface area (Å²) in [6.45, 7) is 3.87. The maximum absolute atomic E-state index is 14.1. The maximum atomic E-state index is 14.1. The summed E-state index contributed by atoms with van der Waals surface area (Å²) in [6, 6.07) is 12.6. The molecule has 4 rings (SSSR count). The Kier molecular flexibility index (Phi) is 6.54. The summed E-state index contributed by atoms with van der Waals surface area (Å²) in [5, 5.41) is 7.43. The average molecular weight is 484 g/mol. The van der Waals surface area contributed by atoms with Crippen LogP contribution in [0, 0.1) is 12.7 Å². The van der Waals surface area contributed by atoms with Gasteiger partial charge >= 0.3 is 0 Å². The highest BCUT2D eigenvalue weighted by Gasteiger charge is 2.24. The van der Waals surface area contributed by atoms with Crippen LogP contribution < -0.4 is 0 Å². The molecule has 0 aliphatic carbocycles. The Labute approximate surface area is 198 Å². The molecule has 1 unspecified atom stereocenters. The predicted octanol–water partition coefficient (Wildman–Crippen LogP) is 4.28. The lowest BCUT2D eigenvalue weighted by Crippen LogP contribution is -2.30. The summed E-state index contributed by atoms with van der Waals surface area (Å²) in [5.41, 5.74) is 2.31. The van der Waals surface area contributed by atoms with Crippen LogP contribution >= 0.6 is 0 Å². The van der Waals surface area contributed by atoms with E-state index in [9.17, 15) is 12.8 Å². The Bertz CT molecular complexity index is 1430. The lowest BCUT2D eigenvalue weighted by atomic mass is 10.1. The van der Waals surface area contributed by atoms with Crippen molar-refractivity contribution >= 4 is 9.84 Å². The monoisotopic (exact) mass is 483 g/mol. The number of nitrogens with zero attached hydrogens (tertiary/aromatic N) is 5. The van der Waals surface area contributed by atoms with Crippen molar-refractivity contribution in [3.05, 3.63) is 66.2 Å². The lowest BCUT2D eigenvalue weighted by molar-refractivity contribution is 0.405. The second-order valence-corrected chi connectivity index (χ2v) is 10.6. The molecule has 0 N–H and O–H groups in total. The summed E-state index contributed by atoms with van der Waals surface area (Å²) in [5.74, 6) is -0.313. The molecule has 2 aromatic heterocycles. The first-order valence-electron chi connectivity index (χ1n) is 10.6. The van der Waals surface area contributed by atoms with E-state index in [2.05, 4.69) is 20.2 Å². The Morgan fingerprint density at radius 1 is 1.06 bits per heavy atom. The van der Waals surface area contributed by atoms with Crippen LogP contribution in [0.15, 0.2) is 64.0 Å². The zero-order valence-electron chi connectivity index (χ0n) is 19.2. The molecule has 178 valence electrons. The normalized spacial score (nSPS) is 12.8. The number of benzene rings is 2. The third-order valence-electron chi connectivity index (χ3n) is 5.32. The Morgan fingerprint density at radius 3 is 2.41 bits per heavy atom. The first kappa shape index (κ1) is 23.7. The molecule has 1 atom stereocenters. The second-order valence-electron chi connectivity index (χ2n) is 8.22. The van der Waals surface area contributed by atoms with Gasteiger partial charge in [0.05, 0.1) is 33.3 Å². The molecule has 4 aromatic rings. The molecule has 0 spiro atoms. The van der Waals surface area contributed by atoms with Crippen LogP contribution in [0.2, 0.25) is 0 Å². The zero-order valence-corrected chi connectivity index (χ0v) is 20.0. The van der Waals surface area contributed by atoms with Gasteiger partial charge in [-0.1, -0.05) is 24.3 Å². The van der Waals surface area contributed by atoms with E-state index in [-0.39, 0.29) is 23.7 Å². The fourth-order valence-electron chi connectivity index (χ4n) is 3.51. The number of aryl methyl sites for hydroxylation is 1. The van der Waals surface area contributed by atoms with Crippen molar-refractivity contribution < 1.29 is 18.7 Å². The van der Waals surface area contributed by atoms with E-state index in [1.54, 1.807) is 62.5 Å². The third kappa shape index (κ3) is 4.73. The van der Waals surface area contributed by atoms with Crippen molar-refractivity contribution in [1.29, 1.82) is 0 Å². The van der Waals surface area contributed by atoms with E-state index in [0.29, 0.717) is 29.2 Å². The smallest absolute Gasteiger partial charge is 0.268 e. The van der Waals surface area contributed by atoms with Gasteiger partial charge in [-0.05, 0) is 52.2 Å². The molecule has 0 fully saturated rings. The highest BCUT2D eigenvalue weighted by molar-refractivity contribution is 7.92. The van der Waals surface area contributed by atoms with Gasteiger partial charge in [0, 0.05) is 13.5 Å². The fraction of sp³-hybridized carbons (Fsp3) is 0.250. The molecule has 0 aliphatic rings. The predicted molar refractivity (Wildman–Crippen MR) is 128 cm³/mol. The van der Waals surface area contributed by atoms with Crippen molar-refractivity contribution in [2.75, 3.05) is 20.6 Å². The van der Waals surface area contributed by atoms with E-state index in [0.717, 1.165) is 0 Å². The van der Waals surface area contributed by atoms with Crippen molar-refractivity contribution in [2.45, 2.75) is 24.0 Å². The number of aromatic nitrogens is 4. The highest BCUT2D eigenvalue weighted by Crippen LogP contribution is 2.28. The molecule has 0 amide bonds. The molecule has 2 heterocycles. The molecular formula is C24H26FN5O3S. The quantitative estimate of drug-likeness (QED) is 0.384. The standard InChI is InChI=1S/C24H24FN5O3S.H2/c1-15(14-30(3)4)34(31,32)18-11-9-17(10-12-18)21-13-26-16(2)22(27-21)24-29-28-23(33-24)19-7-5-6-8-20(19)25;/h5-13,15H,14H2,1-4H3;1H. The van der Waals surface area contributed by atoms with Gasteiger partial charge in [0.2, 0.25) is 0 Å². The molecule has 10 heteroatoms. The van der Waals surface area contributed by atoms with E-state index < -0.39 is 20.9 Å². The Balaban J connectivity index is 0.00000342. The molecule has 2 aromatic carbocycles. The minimum absolute atomic E-state index is 0. The van der Waals surface area contributed by atoms with Crippen molar-refractivity contribution in [3.63, 3.8) is 0 Å². The molecule has 0 aliphatic heterocycles. The summed E-state index contributed by atoms with van der Waals surface area (Å²) in [6.07, 6.45) is 1.59. The van der Waals surface area contributed by atoms with E-state index >= 15 is 0 Å². The van der Waals surface area contributed by atoms with Crippen LogP contribution in [0.4, 0.5) is 4.39 Å². The van der Waals surface area contributed by atoms with Crippen molar-refractivity contribution in [2.24, 2.45) is 0 Å². The highest BCUT2D eigenvalue weighted by atomic mass is 32.2. The SMILES string of the molecule is Cc1ncc(-c2ccc(S(=O)(=O)C(C)CN(C)C)cc2)nc1-c1nnc(-c2ccccc2F)o1.[HH]. The molecule has 0 saturated heterocycles. The van der Waals surface area contributed by atoms with Crippen LogP contribution in [0.5, 0.6) is 0 Å².